The van der Waals surface area contributed by atoms with Crippen molar-refractivity contribution in [3.05, 3.63) is 32.9 Å². The third-order valence-corrected chi connectivity index (χ3v) is 3.29. The Morgan fingerprint density at radius 1 is 1.27 bits per heavy atom. The quantitative estimate of drug-likeness (QED) is 0.620. The van der Waals surface area contributed by atoms with Crippen molar-refractivity contribution in [2.75, 3.05) is 6.54 Å². The summed E-state index contributed by atoms with van der Waals surface area (Å²) >= 11 is 2.09. The minimum absolute atomic E-state index is 0.151. The Kier molecular flexibility index (Phi) is 2.77. The van der Waals surface area contributed by atoms with E-state index in [1.807, 2.05) is 13.0 Å². The summed E-state index contributed by atoms with van der Waals surface area (Å²) in [7, 11) is 0. The highest BCUT2D eigenvalue weighted by molar-refractivity contribution is 14.1. The number of hydrogen-bond acceptors (Lipinski definition) is 2. The van der Waals surface area contributed by atoms with Crippen LogP contribution in [0.4, 0.5) is 0 Å². The van der Waals surface area contributed by atoms with Gasteiger partial charge in [0, 0.05) is 10.1 Å². The molecule has 3 nitrogen and oxygen atoms in total. The molecule has 15 heavy (non-hydrogen) atoms. The van der Waals surface area contributed by atoms with Gasteiger partial charge in [0.05, 0.1) is 11.1 Å². The van der Waals surface area contributed by atoms with Crippen LogP contribution < -0.4 is 0 Å². The molecule has 78 valence electrons. The van der Waals surface area contributed by atoms with Gasteiger partial charge < -0.3 is 0 Å². The molecule has 1 aromatic rings. The molecule has 2 rings (SSSR count). The summed E-state index contributed by atoms with van der Waals surface area (Å²) in [5.74, 6) is -0.308. The Morgan fingerprint density at radius 3 is 2.60 bits per heavy atom. The van der Waals surface area contributed by atoms with Gasteiger partial charge in [0.2, 0.25) is 0 Å². The summed E-state index contributed by atoms with van der Waals surface area (Å²) in [6.45, 7) is 2.46. The summed E-state index contributed by atoms with van der Waals surface area (Å²) in [5, 5.41) is 0. The van der Waals surface area contributed by atoms with E-state index in [4.69, 9.17) is 0 Å². The first-order valence-electron chi connectivity index (χ1n) is 4.81. The van der Waals surface area contributed by atoms with Gasteiger partial charge in [-0.15, -0.1) is 0 Å². The second kappa shape index (κ2) is 3.92. The van der Waals surface area contributed by atoms with Crippen LogP contribution in [0.1, 0.15) is 34.1 Å². The fraction of sp³-hybridized carbons (Fsp3) is 0.273. The van der Waals surface area contributed by atoms with E-state index < -0.39 is 0 Å². The number of carbonyl (C=O) groups excluding carboxylic acids is 2. The number of hydrogen-bond donors (Lipinski definition) is 0. The van der Waals surface area contributed by atoms with Crippen molar-refractivity contribution in [3.8, 4) is 0 Å². The zero-order valence-corrected chi connectivity index (χ0v) is 10.4. The minimum Gasteiger partial charge on any atom is -0.274 e. The van der Waals surface area contributed by atoms with Gasteiger partial charge in [-0.1, -0.05) is 13.0 Å². The van der Waals surface area contributed by atoms with E-state index in [1.165, 1.54) is 4.90 Å². The van der Waals surface area contributed by atoms with Gasteiger partial charge in [-0.3, -0.25) is 14.5 Å². The largest absolute Gasteiger partial charge is 0.274 e. The first kappa shape index (κ1) is 10.6. The fourth-order valence-electron chi connectivity index (χ4n) is 1.72. The van der Waals surface area contributed by atoms with Gasteiger partial charge in [0.15, 0.2) is 0 Å². The molecule has 0 radical (unpaired) electrons. The number of carbonyl (C=O) groups is 2. The van der Waals surface area contributed by atoms with Gasteiger partial charge >= 0.3 is 0 Å². The van der Waals surface area contributed by atoms with Crippen LogP contribution in [0.15, 0.2) is 18.2 Å². The molecule has 0 aromatic heterocycles. The average molecular weight is 315 g/mol. The van der Waals surface area contributed by atoms with Crippen LogP contribution in [0, 0.1) is 3.57 Å². The highest BCUT2D eigenvalue weighted by Crippen LogP contribution is 2.26. The SMILES string of the molecule is CCCN1C(=O)c2cccc(I)c2C1=O. The van der Waals surface area contributed by atoms with E-state index in [1.54, 1.807) is 12.1 Å². The highest BCUT2D eigenvalue weighted by Gasteiger charge is 2.35. The van der Waals surface area contributed by atoms with Crippen LogP contribution in [0.5, 0.6) is 0 Å². The lowest BCUT2D eigenvalue weighted by Gasteiger charge is -2.11. The maximum Gasteiger partial charge on any atom is 0.262 e. The molecular weight excluding hydrogens is 305 g/mol. The summed E-state index contributed by atoms with van der Waals surface area (Å²) in [5.41, 5.74) is 1.11. The molecule has 0 atom stereocenters. The highest BCUT2D eigenvalue weighted by atomic mass is 127. The minimum atomic E-state index is -0.157. The lowest BCUT2D eigenvalue weighted by atomic mass is 10.1. The lowest BCUT2D eigenvalue weighted by molar-refractivity contribution is 0.0654. The van der Waals surface area contributed by atoms with Crippen LogP contribution in [-0.4, -0.2) is 23.3 Å². The fourth-order valence-corrected chi connectivity index (χ4v) is 2.45. The first-order valence-corrected chi connectivity index (χ1v) is 5.89. The van der Waals surface area contributed by atoms with Crippen molar-refractivity contribution in [1.29, 1.82) is 0 Å². The summed E-state index contributed by atoms with van der Waals surface area (Å²) < 4.78 is 0.849. The van der Waals surface area contributed by atoms with Crippen molar-refractivity contribution < 1.29 is 9.59 Å². The maximum absolute atomic E-state index is 11.9. The molecule has 0 N–H and O–H groups in total. The smallest absolute Gasteiger partial charge is 0.262 e. The molecule has 0 saturated carbocycles. The van der Waals surface area contributed by atoms with Crippen molar-refractivity contribution in [3.63, 3.8) is 0 Å². The Bertz CT molecular complexity index is 442. The standard InChI is InChI=1S/C11H10INO2/c1-2-6-13-10(14)7-4-3-5-8(12)9(7)11(13)15/h3-5H,2,6H2,1H3. The van der Waals surface area contributed by atoms with Gasteiger partial charge in [-0.25, -0.2) is 0 Å². The molecule has 1 aromatic carbocycles. The van der Waals surface area contributed by atoms with Gasteiger partial charge in [0.25, 0.3) is 11.8 Å². The van der Waals surface area contributed by atoms with Crippen molar-refractivity contribution in [2.24, 2.45) is 0 Å². The van der Waals surface area contributed by atoms with Crippen LogP contribution in [0.25, 0.3) is 0 Å². The van der Waals surface area contributed by atoms with Crippen LogP contribution in [0.3, 0.4) is 0 Å². The van der Waals surface area contributed by atoms with Gasteiger partial charge in [-0.05, 0) is 41.1 Å². The number of benzene rings is 1. The lowest BCUT2D eigenvalue weighted by Crippen LogP contribution is -2.30. The van der Waals surface area contributed by atoms with Gasteiger partial charge in [-0.2, -0.15) is 0 Å². The van der Waals surface area contributed by atoms with Crippen LogP contribution in [-0.2, 0) is 0 Å². The van der Waals surface area contributed by atoms with Crippen LogP contribution >= 0.6 is 22.6 Å². The normalized spacial score (nSPS) is 14.7. The predicted octanol–water partition coefficient (Wildman–Crippen LogP) is 2.30. The topological polar surface area (TPSA) is 37.4 Å². The van der Waals surface area contributed by atoms with E-state index in [0.717, 1.165) is 9.99 Å². The zero-order chi connectivity index (χ0) is 11.0. The van der Waals surface area contributed by atoms with E-state index in [9.17, 15) is 9.59 Å². The summed E-state index contributed by atoms with van der Waals surface area (Å²) in [6, 6.07) is 5.37. The molecular formula is C11H10INO2. The first-order chi connectivity index (χ1) is 7.16. The Hall–Kier alpha value is -0.910. The molecule has 0 bridgehead atoms. The molecule has 1 heterocycles. The predicted molar refractivity (Wildman–Crippen MR) is 64.8 cm³/mol. The van der Waals surface area contributed by atoms with E-state index >= 15 is 0 Å². The van der Waals surface area contributed by atoms with Crippen molar-refractivity contribution in [1.82, 2.24) is 4.90 Å². The maximum atomic E-state index is 11.9. The molecule has 0 spiro atoms. The number of nitrogens with zero attached hydrogens (tertiary/aromatic N) is 1. The summed E-state index contributed by atoms with van der Waals surface area (Å²) in [4.78, 5) is 25.1. The van der Waals surface area contributed by atoms with Crippen molar-refractivity contribution >= 4 is 34.4 Å². The number of halogens is 1. The van der Waals surface area contributed by atoms with E-state index in [2.05, 4.69) is 22.6 Å². The second-order valence-electron chi connectivity index (χ2n) is 3.42. The molecule has 2 amide bonds. The molecule has 0 unspecified atom stereocenters. The number of fused-ring (bicyclic) bond motifs is 1. The summed E-state index contributed by atoms with van der Waals surface area (Å²) in [6.07, 6.45) is 0.794. The third-order valence-electron chi connectivity index (χ3n) is 2.40. The van der Waals surface area contributed by atoms with Gasteiger partial charge in [0.1, 0.15) is 0 Å². The Morgan fingerprint density at radius 2 is 2.00 bits per heavy atom. The van der Waals surface area contributed by atoms with Crippen molar-refractivity contribution in [2.45, 2.75) is 13.3 Å². The molecule has 0 saturated heterocycles. The second-order valence-corrected chi connectivity index (χ2v) is 4.59. The van der Waals surface area contributed by atoms with E-state index in [0.29, 0.717) is 17.7 Å². The van der Waals surface area contributed by atoms with E-state index in [-0.39, 0.29) is 11.8 Å². The molecule has 0 fully saturated rings. The third kappa shape index (κ3) is 1.56. The molecule has 4 heteroatoms. The molecule has 0 aliphatic carbocycles. The Labute approximate surface area is 102 Å². The number of rotatable bonds is 2. The van der Waals surface area contributed by atoms with Crippen LogP contribution in [0.2, 0.25) is 0 Å². The molecule has 1 aliphatic rings. The zero-order valence-electron chi connectivity index (χ0n) is 8.29. The monoisotopic (exact) mass is 315 g/mol. The molecule has 1 aliphatic heterocycles. The Balaban J connectivity index is 2.51. The number of amides is 2. The number of imide groups is 1. The average Bonchev–Trinajstić information content (AvgIpc) is 2.45.